The van der Waals surface area contributed by atoms with Gasteiger partial charge in [-0.3, -0.25) is 14.0 Å². The molecule has 0 atom stereocenters. The molecule has 8 aromatic rings. The van der Waals surface area contributed by atoms with Crippen LogP contribution in [0.4, 0.5) is 0 Å². The van der Waals surface area contributed by atoms with Crippen molar-refractivity contribution >= 4 is 27.7 Å². The lowest BCUT2D eigenvalue weighted by molar-refractivity contribution is 1.08. The van der Waals surface area contributed by atoms with Crippen LogP contribution in [0.5, 0.6) is 0 Å². The normalized spacial score (nSPS) is 11.5. The van der Waals surface area contributed by atoms with Gasteiger partial charge in [-0.2, -0.15) is 0 Å². The first kappa shape index (κ1) is 22.4. The molecule has 0 aliphatic carbocycles. The van der Waals surface area contributed by atoms with Crippen molar-refractivity contribution in [1.82, 2.24) is 28.9 Å². The second kappa shape index (κ2) is 8.99. The van der Waals surface area contributed by atoms with Crippen molar-refractivity contribution in [3.63, 3.8) is 0 Å². The van der Waals surface area contributed by atoms with Crippen LogP contribution in [-0.2, 0) is 0 Å². The van der Waals surface area contributed by atoms with Crippen molar-refractivity contribution in [2.45, 2.75) is 0 Å². The molecule has 5 heterocycles. The number of rotatable bonds is 4. The Balaban J connectivity index is 1.29. The zero-order valence-corrected chi connectivity index (χ0v) is 21.4. The first-order valence-corrected chi connectivity index (χ1v) is 13.2. The minimum Gasteiger partial charge on any atom is -0.292 e. The second-order valence-corrected chi connectivity index (χ2v) is 9.66. The maximum Gasteiger partial charge on any atom is 0.160 e. The van der Waals surface area contributed by atoms with Gasteiger partial charge >= 0.3 is 0 Å². The first-order valence-electron chi connectivity index (χ1n) is 13.2. The van der Waals surface area contributed by atoms with Gasteiger partial charge < -0.3 is 0 Å². The summed E-state index contributed by atoms with van der Waals surface area (Å²) < 4.78 is 4.36. The number of imidazole rings is 1. The Bertz CT molecular complexity index is 2080. The molecule has 0 unspecified atom stereocenters. The van der Waals surface area contributed by atoms with Gasteiger partial charge in [0, 0.05) is 22.7 Å². The molecule has 0 bridgehead atoms. The molecule has 0 aliphatic rings. The lowest BCUT2D eigenvalue weighted by Crippen LogP contribution is -2.00. The van der Waals surface area contributed by atoms with Gasteiger partial charge in [-0.1, -0.05) is 84.9 Å². The number of aromatic nitrogens is 6. The van der Waals surface area contributed by atoms with Gasteiger partial charge in [0.15, 0.2) is 11.5 Å². The summed E-state index contributed by atoms with van der Waals surface area (Å²) in [7, 11) is 0. The fourth-order valence-electron chi connectivity index (χ4n) is 5.34. The molecule has 0 amide bonds. The lowest BCUT2D eigenvalue weighted by Gasteiger charge is -2.11. The molecule has 0 fully saturated rings. The highest BCUT2D eigenvalue weighted by Gasteiger charge is 2.18. The van der Waals surface area contributed by atoms with Crippen molar-refractivity contribution in [1.29, 1.82) is 0 Å². The van der Waals surface area contributed by atoms with Crippen molar-refractivity contribution < 1.29 is 0 Å². The minimum atomic E-state index is 0.673. The highest BCUT2D eigenvalue weighted by molar-refractivity contribution is 6.07. The van der Waals surface area contributed by atoms with Gasteiger partial charge in [0.1, 0.15) is 11.2 Å². The van der Waals surface area contributed by atoms with E-state index in [9.17, 15) is 0 Å². The SMILES string of the molecule is c1ccc(-c2cc(-c3ccc(-n4c5ccccc5c5nc6ccccn6c54)cn3)nc(-c3ccccc3)n2)cc1. The summed E-state index contributed by atoms with van der Waals surface area (Å²) in [6.45, 7) is 0. The second-order valence-electron chi connectivity index (χ2n) is 9.66. The number of nitrogens with zero attached hydrogens (tertiary/aromatic N) is 6. The third-order valence-corrected chi connectivity index (χ3v) is 7.21. The summed E-state index contributed by atoms with van der Waals surface area (Å²) in [6.07, 6.45) is 3.97. The first-order chi connectivity index (χ1) is 19.8. The molecule has 3 aromatic carbocycles. The van der Waals surface area contributed by atoms with E-state index in [-0.39, 0.29) is 0 Å². The summed E-state index contributed by atoms with van der Waals surface area (Å²) >= 11 is 0. The monoisotopic (exact) mass is 514 g/mol. The van der Waals surface area contributed by atoms with Gasteiger partial charge in [0.05, 0.1) is 34.5 Å². The fraction of sp³-hybridized carbons (Fsp3) is 0. The Kier molecular flexibility index (Phi) is 5.03. The number of pyridine rings is 2. The maximum atomic E-state index is 4.94. The van der Waals surface area contributed by atoms with Crippen LogP contribution in [0.2, 0.25) is 0 Å². The number of fused-ring (bicyclic) bond motifs is 5. The Morgan fingerprint density at radius 3 is 2.08 bits per heavy atom. The number of para-hydroxylation sites is 1. The molecule has 0 N–H and O–H groups in total. The predicted molar refractivity (Wildman–Crippen MR) is 159 cm³/mol. The standard InChI is InChI=1S/C34H22N6/c1-3-11-23(12-4-1)28-21-29(37-33(36-28)24-13-5-2-6-14-24)27-19-18-25(22-35-27)40-30-16-8-7-15-26(30)32-34(40)39-20-10-9-17-31(39)38-32/h1-22H. The molecule has 0 radical (unpaired) electrons. The summed E-state index contributed by atoms with van der Waals surface area (Å²) in [5.74, 6) is 0.673. The quantitative estimate of drug-likeness (QED) is 0.242. The number of benzene rings is 3. The molecule has 0 aliphatic heterocycles. The van der Waals surface area contributed by atoms with E-state index in [1.807, 2.05) is 85.1 Å². The van der Waals surface area contributed by atoms with Gasteiger partial charge in [0.25, 0.3) is 0 Å². The Morgan fingerprint density at radius 1 is 0.550 bits per heavy atom. The molecule has 6 heteroatoms. The van der Waals surface area contributed by atoms with Crippen LogP contribution in [0.15, 0.2) is 134 Å². The molecule has 6 nitrogen and oxygen atoms in total. The van der Waals surface area contributed by atoms with Crippen LogP contribution in [-0.4, -0.2) is 28.9 Å². The van der Waals surface area contributed by atoms with Crippen LogP contribution in [0.25, 0.3) is 67.4 Å². The molecule has 0 saturated carbocycles. The van der Waals surface area contributed by atoms with Crippen molar-refractivity contribution in [3.05, 3.63) is 134 Å². The molecule has 0 saturated heterocycles. The molecule has 40 heavy (non-hydrogen) atoms. The average molecular weight is 515 g/mol. The van der Waals surface area contributed by atoms with E-state index >= 15 is 0 Å². The third-order valence-electron chi connectivity index (χ3n) is 7.21. The van der Waals surface area contributed by atoms with Crippen molar-refractivity contribution in [2.24, 2.45) is 0 Å². The van der Waals surface area contributed by atoms with E-state index < -0.39 is 0 Å². The maximum absolute atomic E-state index is 4.94. The van der Waals surface area contributed by atoms with E-state index in [4.69, 9.17) is 19.9 Å². The predicted octanol–water partition coefficient (Wildman–Crippen LogP) is 7.62. The topological polar surface area (TPSA) is 60.9 Å². The van der Waals surface area contributed by atoms with Crippen LogP contribution in [0.1, 0.15) is 0 Å². The Hall–Kier alpha value is -5.62. The molecule has 8 rings (SSSR count). The molecule has 5 aromatic heterocycles. The van der Waals surface area contributed by atoms with E-state index in [0.29, 0.717) is 5.82 Å². The van der Waals surface area contributed by atoms with Crippen LogP contribution < -0.4 is 0 Å². The highest BCUT2D eigenvalue weighted by atomic mass is 15.2. The molecule has 0 spiro atoms. The van der Waals surface area contributed by atoms with E-state index in [0.717, 1.165) is 61.6 Å². The summed E-state index contributed by atoms with van der Waals surface area (Å²) in [6, 6.07) is 40.8. The Labute approximate surface area is 229 Å². The van der Waals surface area contributed by atoms with Gasteiger partial charge in [-0.15, -0.1) is 0 Å². The summed E-state index contributed by atoms with van der Waals surface area (Å²) in [5.41, 5.74) is 9.38. The third kappa shape index (κ3) is 3.58. The largest absolute Gasteiger partial charge is 0.292 e. The molecular weight excluding hydrogens is 492 g/mol. The van der Waals surface area contributed by atoms with Gasteiger partial charge in [-0.25, -0.2) is 15.0 Å². The lowest BCUT2D eigenvalue weighted by atomic mass is 10.1. The number of hydrogen-bond donors (Lipinski definition) is 0. The van der Waals surface area contributed by atoms with Crippen LogP contribution in [0.3, 0.4) is 0 Å². The molecule has 188 valence electrons. The van der Waals surface area contributed by atoms with Gasteiger partial charge in [0.2, 0.25) is 0 Å². The van der Waals surface area contributed by atoms with Crippen molar-refractivity contribution in [2.75, 3.05) is 0 Å². The minimum absolute atomic E-state index is 0.673. The van der Waals surface area contributed by atoms with Gasteiger partial charge in [-0.05, 0) is 36.4 Å². The zero-order valence-electron chi connectivity index (χ0n) is 21.4. The molecular formula is C34H22N6. The number of hydrogen-bond acceptors (Lipinski definition) is 4. The van der Waals surface area contributed by atoms with E-state index in [1.165, 1.54) is 0 Å². The highest BCUT2D eigenvalue weighted by Crippen LogP contribution is 2.33. The van der Waals surface area contributed by atoms with Crippen LogP contribution in [0, 0.1) is 0 Å². The smallest absolute Gasteiger partial charge is 0.160 e. The van der Waals surface area contributed by atoms with Crippen LogP contribution >= 0.6 is 0 Å². The van der Waals surface area contributed by atoms with Crippen molar-refractivity contribution in [3.8, 4) is 39.7 Å². The summed E-state index contributed by atoms with van der Waals surface area (Å²) in [5, 5.41) is 1.11. The summed E-state index contributed by atoms with van der Waals surface area (Å²) in [4.78, 5) is 19.7. The Morgan fingerprint density at radius 2 is 1.27 bits per heavy atom. The van der Waals surface area contributed by atoms with E-state index in [1.54, 1.807) is 0 Å². The fourth-order valence-corrected chi connectivity index (χ4v) is 5.34. The average Bonchev–Trinajstić information content (AvgIpc) is 3.57. The van der Waals surface area contributed by atoms with E-state index in [2.05, 4.69) is 57.6 Å². The zero-order chi connectivity index (χ0) is 26.5.